The molecule has 4 aromatic rings. The number of methoxy groups -OCH3 is 1. The van der Waals surface area contributed by atoms with E-state index >= 15 is 0 Å². The Hall–Kier alpha value is -3.71. The van der Waals surface area contributed by atoms with Gasteiger partial charge in [-0.1, -0.05) is 42.5 Å². The number of halogens is 1. The molecule has 186 valence electrons. The molecule has 2 atom stereocenters. The fourth-order valence-electron chi connectivity index (χ4n) is 4.80. The number of rotatable bonds is 6. The monoisotopic (exact) mass is 505 g/mol. The number of nitrogens with zero attached hydrogens (tertiary/aromatic N) is 3. The molecule has 0 bridgehead atoms. The fraction of sp³-hybridized carbons (Fsp3) is 0.286. The molecule has 2 amide bonds. The van der Waals surface area contributed by atoms with Crippen molar-refractivity contribution < 1.29 is 18.7 Å². The molecule has 36 heavy (non-hydrogen) atoms. The van der Waals surface area contributed by atoms with Crippen molar-refractivity contribution in [3.05, 3.63) is 89.8 Å². The largest absolute Gasteiger partial charge is 0.497 e. The lowest BCUT2D eigenvalue weighted by molar-refractivity contribution is -0.135. The predicted molar refractivity (Wildman–Crippen MR) is 138 cm³/mol. The molecule has 2 aromatic carbocycles. The van der Waals surface area contributed by atoms with Gasteiger partial charge < -0.3 is 23.5 Å². The summed E-state index contributed by atoms with van der Waals surface area (Å²) < 4.78 is 13.0. The van der Waals surface area contributed by atoms with Crippen LogP contribution < -0.4 is 4.74 Å². The first-order chi connectivity index (χ1) is 17.5. The van der Waals surface area contributed by atoms with Crippen LogP contribution in [0.1, 0.15) is 33.9 Å². The minimum absolute atomic E-state index is 0.0891. The van der Waals surface area contributed by atoms with Crippen LogP contribution in [0.4, 0.5) is 0 Å². The van der Waals surface area contributed by atoms with Crippen LogP contribution in [0.15, 0.2) is 77.4 Å². The molecular formula is C28H28ClN3O4. The zero-order valence-electron chi connectivity index (χ0n) is 20.3. The van der Waals surface area contributed by atoms with Gasteiger partial charge in [0.15, 0.2) is 0 Å². The maximum atomic E-state index is 13.7. The number of alkyl halides is 1. The highest BCUT2D eigenvalue weighted by Crippen LogP contribution is 2.28. The molecule has 2 unspecified atom stereocenters. The third kappa shape index (κ3) is 4.58. The van der Waals surface area contributed by atoms with Crippen LogP contribution in [0.2, 0.25) is 0 Å². The van der Waals surface area contributed by atoms with Gasteiger partial charge in [0.05, 0.1) is 19.9 Å². The van der Waals surface area contributed by atoms with Crippen LogP contribution in [0.5, 0.6) is 5.75 Å². The quantitative estimate of drug-likeness (QED) is 0.348. The summed E-state index contributed by atoms with van der Waals surface area (Å²) in [7, 11) is 1.63. The topological polar surface area (TPSA) is 67.9 Å². The zero-order valence-corrected chi connectivity index (χ0v) is 21.0. The molecule has 0 spiro atoms. The number of ether oxygens (including phenoxy) is 1. The number of piperazine rings is 1. The summed E-state index contributed by atoms with van der Waals surface area (Å²) in [5.41, 5.74) is 2.97. The van der Waals surface area contributed by atoms with E-state index in [4.69, 9.17) is 20.8 Å². The van der Waals surface area contributed by atoms with Gasteiger partial charge in [-0.25, -0.2) is 0 Å². The highest BCUT2D eigenvalue weighted by Gasteiger charge is 2.34. The zero-order chi connectivity index (χ0) is 25.2. The molecular weight excluding hydrogens is 478 g/mol. The van der Waals surface area contributed by atoms with Gasteiger partial charge in [0.25, 0.3) is 5.91 Å². The predicted octanol–water partition coefficient (Wildman–Crippen LogP) is 4.94. The molecule has 1 aliphatic rings. The van der Waals surface area contributed by atoms with E-state index < -0.39 is 5.38 Å². The molecule has 8 heteroatoms. The van der Waals surface area contributed by atoms with Gasteiger partial charge in [0.2, 0.25) is 11.6 Å². The van der Waals surface area contributed by atoms with E-state index in [2.05, 4.69) is 0 Å². The maximum Gasteiger partial charge on any atom is 0.270 e. The minimum Gasteiger partial charge on any atom is -0.497 e. The Morgan fingerprint density at radius 2 is 1.89 bits per heavy atom. The second-order valence-electron chi connectivity index (χ2n) is 9.05. The van der Waals surface area contributed by atoms with Crippen molar-refractivity contribution in [1.82, 2.24) is 14.4 Å². The molecule has 0 radical (unpaired) electrons. The fourth-order valence-corrected chi connectivity index (χ4v) is 5.08. The van der Waals surface area contributed by atoms with Crippen LogP contribution in [-0.4, -0.2) is 59.0 Å². The average Bonchev–Trinajstić information content (AvgIpc) is 3.50. The average molecular weight is 506 g/mol. The summed E-state index contributed by atoms with van der Waals surface area (Å²) in [5.74, 6) is 0.529. The van der Waals surface area contributed by atoms with E-state index in [0.29, 0.717) is 37.6 Å². The van der Waals surface area contributed by atoms with Crippen molar-refractivity contribution in [2.24, 2.45) is 0 Å². The lowest BCUT2D eigenvalue weighted by Gasteiger charge is -2.40. The first-order valence-corrected chi connectivity index (χ1v) is 12.4. The van der Waals surface area contributed by atoms with Crippen LogP contribution in [0.25, 0.3) is 11.1 Å². The number of carbonyl (C=O) groups excluding carboxylic acids is 2. The molecule has 3 heterocycles. The number of carbonyl (C=O) groups is 2. The van der Waals surface area contributed by atoms with Crippen LogP contribution in [0.3, 0.4) is 0 Å². The van der Waals surface area contributed by atoms with Crippen molar-refractivity contribution in [3.8, 4) is 5.75 Å². The molecule has 1 saturated heterocycles. The number of furan rings is 1. The number of hydrogen-bond donors (Lipinski definition) is 0. The Balaban J connectivity index is 1.34. The number of aromatic nitrogens is 1. The van der Waals surface area contributed by atoms with Crippen LogP contribution in [0, 0.1) is 0 Å². The maximum absolute atomic E-state index is 13.7. The van der Waals surface area contributed by atoms with Crippen molar-refractivity contribution in [2.75, 3.05) is 26.7 Å². The lowest BCUT2D eigenvalue weighted by Crippen LogP contribution is -2.56. The number of fused-ring (bicyclic) bond motifs is 1. The summed E-state index contributed by atoms with van der Waals surface area (Å²) in [5, 5.41) is 0.124. The third-order valence-electron chi connectivity index (χ3n) is 6.70. The van der Waals surface area contributed by atoms with E-state index in [9.17, 15) is 9.59 Å². The Morgan fingerprint density at radius 3 is 2.64 bits per heavy atom. The van der Waals surface area contributed by atoms with E-state index in [-0.39, 0.29) is 17.9 Å². The Bertz CT molecular complexity index is 1380. The van der Waals surface area contributed by atoms with E-state index in [1.54, 1.807) is 23.2 Å². The summed E-state index contributed by atoms with van der Waals surface area (Å²) in [6.45, 7) is 3.70. The van der Waals surface area contributed by atoms with E-state index in [1.807, 2.05) is 78.2 Å². The number of hydrogen-bond acceptors (Lipinski definition) is 4. The molecule has 5 rings (SSSR count). The smallest absolute Gasteiger partial charge is 0.270 e. The van der Waals surface area contributed by atoms with Gasteiger partial charge in [-0.3, -0.25) is 9.59 Å². The standard InChI is InChI=1S/C28H28ClN3O4/c1-19-17-30(12-13-31(19)27(34)25(29)21-8-4-3-5-9-21)26(33)24-16-22-11-14-36-28(22)32(24)18-20-7-6-10-23(15-20)35-2/h3-11,14-16,19,25H,12-13,17-18H2,1-2H3. The summed E-state index contributed by atoms with van der Waals surface area (Å²) in [6.07, 6.45) is 1.63. The first-order valence-electron chi connectivity index (χ1n) is 11.9. The highest BCUT2D eigenvalue weighted by molar-refractivity contribution is 6.30. The van der Waals surface area contributed by atoms with E-state index in [1.165, 1.54) is 0 Å². The Labute approximate surface area is 214 Å². The number of amides is 2. The summed E-state index contributed by atoms with van der Waals surface area (Å²) >= 11 is 6.51. The highest BCUT2D eigenvalue weighted by atomic mass is 35.5. The van der Waals surface area contributed by atoms with Crippen LogP contribution >= 0.6 is 11.6 Å². The lowest BCUT2D eigenvalue weighted by atomic mass is 10.1. The third-order valence-corrected chi connectivity index (χ3v) is 7.14. The van der Waals surface area contributed by atoms with Crippen molar-refractivity contribution in [2.45, 2.75) is 24.9 Å². The van der Waals surface area contributed by atoms with Gasteiger partial charge >= 0.3 is 0 Å². The molecule has 0 saturated carbocycles. The SMILES string of the molecule is COc1cccc(Cn2c(C(=O)N3CCN(C(=O)C(Cl)c4ccccc4)C(C)C3)cc3ccoc32)c1. The van der Waals surface area contributed by atoms with Crippen molar-refractivity contribution >= 4 is 34.5 Å². The second kappa shape index (κ2) is 10.1. The van der Waals surface area contributed by atoms with Gasteiger partial charge in [-0.05, 0) is 42.3 Å². The molecule has 0 N–H and O–H groups in total. The minimum atomic E-state index is -0.747. The molecule has 1 aliphatic heterocycles. The molecule has 0 aliphatic carbocycles. The van der Waals surface area contributed by atoms with Gasteiger partial charge in [-0.2, -0.15) is 0 Å². The van der Waals surface area contributed by atoms with Gasteiger partial charge in [0, 0.05) is 31.1 Å². The van der Waals surface area contributed by atoms with Gasteiger partial charge in [-0.15, -0.1) is 11.6 Å². The number of benzene rings is 2. The molecule has 2 aromatic heterocycles. The Morgan fingerprint density at radius 1 is 1.08 bits per heavy atom. The van der Waals surface area contributed by atoms with Crippen molar-refractivity contribution in [3.63, 3.8) is 0 Å². The van der Waals surface area contributed by atoms with Crippen LogP contribution in [-0.2, 0) is 11.3 Å². The summed E-state index contributed by atoms with van der Waals surface area (Å²) in [4.78, 5) is 30.4. The first kappa shape index (κ1) is 24.0. The van der Waals surface area contributed by atoms with Gasteiger partial charge in [0.1, 0.15) is 16.8 Å². The summed E-state index contributed by atoms with van der Waals surface area (Å²) in [6, 6.07) is 20.7. The normalized spacial score (nSPS) is 16.8. The molecule has 1 fully saturated rings. The molecule has 7 nitrogen and oxygen atoms in total. The Kier molecular flexibility index (Phi) is 6.74. The van der Waals surface area contributed by atoms with E-state index in [0.717, 1.165) is 22.3 Å². The second-order valence-corrected chi connectivity index (χ2v) is 9.49. The van der Waals surface area contributed by atoms with Crippen molar-refractivity contribution in [1.29, 1.82) is 0 Å².